The van der Waals surface area contributed by atoms with Gasteiger partial charge in [-0.3, -0.25) is 5.01 Å². The van der Waals surface area contributed by atoms with E-state index in [0.29, 0.717) is 17.3 Å². The van der Waals surface area contributed by atoms with Gasteiger partial charge < -0.3 is 5.11 Å². The van der Waals surface area contributed by atoms with E-state index in [-0.39, 0.29) is 27.6 Å². The summed E-state index contributed by atoms with van der Waals surface area (Å²) in [6.07, 6.45) is -5.22. The lowest BCUT2D eigenvalue weighted by atomic mass is 9.96. The number of hydrazine groups is 1. The molecule has 13 heteroatoms. The number of aliphatic carboxylic acids is 1. The summed E-state index contributed by atoms with van der Waals surface area (Å²) in [5.74, 6) is -2.80. The number of hydrogen-bond donors (Lipinski definition) is 3. The topological polar surface area (TPSA) is 113 Å². The van der Waals surface area contributed by atoms with E-state index in [0.717, 1.165) is 23.2 Å². The molecule has 0 aliphatic carbocycles. The maximum Gasteiger partial charge on any atom is 0.424 e. The molecule has 0 bridgehead atoms. The minimum Gasteiger partial charge on any atom is -0.479 e. The van der Waals surface area contributed by atoms with E-state index in [1.165, 1.54) is 24.3 Å². The summed E-state index contributed by atoms with van der Waals surface area (Å²) in [6, 6.07) is 8.06. The van der Waals surface area contributed by atoms with E-state index in [2.05, 4.69) is 5.43 Å². The Balaban J connectivity index is 1.96. The van der Waals surface area contributed by atoms with Crippen molar-refractivity contribution in [2.45, 2.75) is 22.4 Å². The van der Waals surface area contributed by atoms with Crippen molar-refractivity contribution in [2.75, 3.05) is 5.01 Å². The van der Waals surface area contributed by atoms with Crippen molar-refractivity contribution in [3.05, 3.63) is 64.3 Å². The molecule has 0 amide bonds. The first-order valence-electron chi connectivity index (χ1n) is 8.53. The van der Waals surface area contributed by atoms with E-state index in [9.17, 15) is 35.9 Å². The summed E-state index contributed by atoms with van der Waals surface area (Å²) >= 11 is 0.645. The fourth-order valence-corrected chi connectivity index (χ4v) is 5.33. The van der Waals surface area contributed by atoms with Crippen LogP contribution in [-0.2, 0) is 20.6 Å². The molecule has 2 aliphatic heterocycles. The molecule has 0 spiro atoms. The van der Waals surface area contributed by atoms with Crippen LogP contribution in [0.15, 0.2) is 52.3 Å². The van der Waals surface area contributed by atoms with Crippen LogP contribution in [0.5, 0.6) is 0 Å². The number of carbonyl (C=O) groups is 1. The zero-order valence-electron chi connectivity index (χ0n) is 15.3. The number of primary sulfonamides is 1. The molecule has 2 aromatic carbocycles. The molecule has 0 saturated carbocycles. The molecule has 7 nitrogen and oxygen atoms in total. The number of hydrogen-bond acceptors (Lipinski definition) is 6. The first-order chi connectivity index (χ1) is 14.4. The van der Waals surface area contributed by atoms with Gasteiger partial charge >= 0.3 is 12.1 Å². The third-order valence-electron chi connectivity index (χ3n) is 4.92. The van der Waals surface area contributed by atoms with E-state index in [4.69, 9.17) is 5.14 Å². The number of halogens is 4. The molecule has 0 aromatic heterocycles. The smallest absolute Gasteiger partial charge is 0.424 e. The summed E-state index contributed by atoms with van der Waals surface area (Å²) in [6.45, 7) is 0. The number of carboxylic acid groups (broad SMARTS) is 1. The van der Waals surface area contributed by atoms with Crippen molar-refractivity contribution in [3.63, 3.8) is 0 Å². The van der Waals surface area contributed by atoms with Gasteiger partial charge in [0, 0.05) is 11.3 Å². The largest absolute Gasteiger partial charge is 0.479 e. The number of sulfonamides is 1. The van der Waals surface area contributed by atoms with Gasteiger partial charge in [-0.1, -0.05) is 0 Å². The van der Waals surface area contributed by atoms with E-state index >= 15 is 0 Å². The maximum absolute atomic E-state index is 14.1. The van der Waals surface area contributed by atoms with Crippen molar-refractivity contribution >= 4 is 39.1 Å². The Morgan fingerprint density at radius 1 is 1.19 bits per heavy atom. The minimum absolute atomic E-state index is 0.0325. The van der Waals surface area contributed by atoms with Gasteiger partial charge in [0.05, 0.1) is 21.2 Å². The summed E-state index contributed by atoms with van der Waals surface area (Å²) < 4.78 is 79.0. The number of nitrogens with zero attached hydrogens (tertiary/aromatic N) is 1. The van der Waals surface area contributed by atoms with Crippen LogP contribution in [-0.4, -0.2) is 31.2 Å². The quantitative estimate of drug-likeness (QED) is 0.585. The Hall–Kier alpha value is -2.61. The zero-order chi connectivity index (χ0) is 22.8. The predicted octanol–water partition coefficient (Wildman–Crippen LogP) is 2.80. The number of rotatable bonds is 3. The van der Waals surface area contributed by atoms with Crippen LogP contribution in [0.4, 0.5) is 23.2 Å². The van der Waals surface area contributed by atoms with Gasteiger partial charge in [-0.15, -0.1) is 11.8 Å². The highest BCUT2D eigenvalue weighted by Crippen LogP contribution is 2.54. The van der Waals surface area contributed by atoms with Gasteiger partial charge in [0.1, 0.15) is 5.82 Å². The van der Waals surface area contributed by atoms with E-state index < -0.39 is 38.4 Å². The van der Waals surface area contributed by atoms with E-state index in [1.807, 2.05) is 0 Å². The molecule has 31 heavy (non-hydrogen) atoms. The molecule has 0 saturated heterocycles. The zero-order valence-corrected chi connectivity index (χ0v) is 16.9. The van der Waals surface area contributed by atoms with Gasteiger partial charge in [0.2, 0.25) is 10.0 Å². The molecular formula is C18H13F4N3O4S2. The lowest BCUT2D eigenvalue weighted by Gasteiger charge is -2.31. The van der Waals surface area contributed by atoms with Crippen LogP contribution in [0, 0.1) is 5.82 Å². The SMILES string of the molecule is NS(=O)(=O)c1ccc(N2NC(C(=O)O)(C(F)(F)F)C3=C2c2ccc(F)cc2CS3)cc1. The van der Waals surface area contributed by atoms with Crippen LogP contribution in [0.2, 0.25) is 0 Å². The Kier molecular flexibility index (Phi) is 4.85. The Labute approximate surface area is 177 Å². The van der Waals surface area contributed by atoms with Crippen LogP contribution in [0.3, 0.4) is 0 Å². The summed E-state index contributed by atoms with van der Waals surface area (Å²) in [5.41, 5.74) is -0.831. The molecule has 0 radical (unpaired) electrons. The lowest BCUT2D eigenvalue weighted by Crippen LogP contribution is -2.63. The van der Waals surface area contributed by atoms with Gasteiger partial charge in [0.15, 0.2) is 0 Å². The number of anilines is 1. The second-order valence-electron chi connectivity index (χ2n) is 6.81. The summed E-state index contributed by atoms with van der Waals surface area (Å²) in [7, 11) is -4.05. The molecule has 2 heterocycles. The number of benzene rings is 2. The highest BCUT2D eigenvalue weighted by molar-refractivity contribution is 8.02. The second kappa shape index (κ2) is 6.95. The first-order valence-corrected chi connectivity index (χ1v) is 11.1. The third kappa shape index (κ3) is 3.28. The fourth-order valence-electron chi connectivity index (χ4n) is 3.47. The number of fused-ring (bicyclic) bond motifs is 2. The molecule has 1 atom stereocenters. The normalized spacial score (nSPS) is 21.1. The minimum atomic E-state index is -5.22. The molecule has 164 valence electrons. The third-order valence-corrected chi connectivity index (χ3v) is 7.10. The Morgan fingerprint density at radius 3 is 2.39 bits per heavy atom. The van der Waals surface area contributed by atoms with Crippen molar-refractivity contribution < 1.29 is 35.9 Å². The monoisotopic (exact) mass is 475 g/mol. The standard InChI is InChI=1S/C18H13F4N3O4S2/c19-10-1-6-13-9(7-10)8-30-15-14(13)25(24-17(15,16(26)27)18(20,21)22)11-2-4-12(5-3-11)31(23,28)29/h1-7,24H,8H2,(H,26,27)(H2,23,28,29). The van der Waals surface area contributed by atoms with Crippen LogP contribution < -0.4 is 15.6 Å². The predicted molar refractivity (Wildman–Crippen MR) is 104 cm³/mol. The average Bonchev–Trinajstić information content (AvgIpc) is 3.04. The Morgan fingerprint density at radius 2 is 1.84 bits per heavy atom. The fraction of sp³-hybridized carbons (Fsp3) is 0.167. The molecule has 2 aromatic rings. The van der Waals surface area contributed by atoms with Gasteiger partial charge in [-0.25, -0.2) is 22.7 Å². The average molecular weight is 475 g/mol. The highest BCUT2D eigenvalue weighted by atomic mass is 32.2. The van der Waals surface area contributed by atoms with Crippen LogP contribution in [0.25, 0.3) is 5.70 Å². The lowest BCUT2D eigenvalue weighted by molar-refractivity contribution is -0.197. The van der Waals surface area contributed by atoms with Gasteiger partial charge in [-0.2, -0.15) is 18.6 Å². The number of alkyl halides is 3. The molecule has 2 aliphatic rings. The molecule has 1 unspecified atom stereocenters. The Bertz CT molecular complexity index is 1230. The van der Waals surface area contributed by atoms with Crippen molar-refractivity contribution in [3.8, 4) is 0 Å². The molecule has 4 N–H and O–H groups in total. The number of nitrogens with two attached hydrogens (primary N) is 1. The van der Waals surface area contributed by atoms with Crippen molar-refractivity contribution in [1.29, 1.82) is 0 Å². The van der Waals surface area contributed by atoms with Gasteiger partial charge in [-0.05, 0) is 48.0 Å². The van der Waals surface area contributed by atoms with Crippen molar-refractivity contribution in [1.82, 2.24) is 5.43 Å². The molecule has 4 rings (SSSR count). The number of nitrogens with one attached hydrogen (secondary N) is 1. The summed E-state index contributed by atoms with van der Waals surface area (Å²) in [4.78, 5) is 11.2. The number of carboxylic acids is 1. The van der Waals surface area contributed by atoms with Crippen molar-refractivity contribution in [2.24, 2.45) is 5.14 Å². The van der Waals surface area contributed by atoms with Crippen LogP contribution >= 0.6 is 11.8 Å². The highest BCUT2D eigenvalue weighted by Gasteiger charge is 2.69. The van der Waals surface area contributed by atoms with Crippen LogP contribution in [0.1, 0.15) is 11.1 Å². The van der Waals surface area contributed by atoms with E-state index in [1.54, 1.807) is 0 Å². The molecular weight excluding hydrogens is 462 g/mol. The molecule has 0 fully saturated rings. The number of thioether (sulfide) groups is 1. The summed E-state index contributed by atoms with van der Waals surface area (Å²) in [5, 5.41) is 15.6. The maximum atomic E-state index is 14.1. The van der Waals surface area contributed by atoms with Gasteiger partial charge in [0.25, 0.3) is 5.54 Å². The first kappa shape index (κ1) is 21.6. The second-order valence-corrected chi connectivity index (χ2v) is 9.35.